The molecule has 18 heavy (non-hydrogen) atoms. The summed E-state index contributed by atoms with van der Waals surface area (Å²) in [5.41, 5.74) is 7.17. The van der Waals surface area contributed by atoms with Crippen LogP contribution in [0.5, 0.6) is 0 Å². The fraction of sp³-hybridized carbons (Fsp3) is 0.786. The summed E-state index contributed by atoms with van der Waals surface area (Å²) in [5, 5.41) is 1.26. The summed E-state index contributed by atoms with van der Waals surface area (Å²) >= 11 is 1.81. The Morgan fingerprint density at radius 3 is 2.50 bits per heavy atom. The van der Waals surface area contributed by atoms with Crippen molar-refractivity contribution in [3.63, 3.8) is 0 Å². The summed E-state index contributed by atoms with van der Waals surface area (Å²) in [6.45, 7) is 9.99. The van der Waals surface area contributed by atoms with E-state index >= 15 is 0 Å². The molecule has 1 aromatic rings. The second-order valence-electron chi connectivity index (χ2n) is 5.76. The lowest BCUT2D eigenvalue weighted by molar-refractivity contribution is 0.343. The van der Waals surface area contributed by atoms with Gasteiger partial charge in [0.1, 0.15) is 0 Å². The van der Waals surface area contributed by atoms with Crippen LogP contribution >= 0.6 is 11.3 Å². The van der Waals surface area contributed by atoms with Crippen molar-refractivity contribution in [3.05, 3.63) is 15.6 Å². The van der Waals surface area contributed by atoms with E-state index in [1.807, 2.05) is 11.3 Å². The first-order chi connectivity index (χ1) is 8.50. The van der Waals surface area contributed by atoms with Crippen molar-refractivity contribution < 1.29 is 0 Å². The molecule has 0 amide bonds. The number of thiazole rings is 1. The molecule has 102 valence electrons. The second kappa shape index (κ2) is 5.68. The van der Waals surface area contributed by atoms with Crippen molar-refractivity contribution in [2.24, 2.45) is 5.73 Å². The maximum absolute atomic E-state index is 6.22. The Hall–Kier alpha value is -0.450. The van der Waals surface area contributed by atoms with Crippen LogP contribution in [0.2, 0.25) is 0 Å². The molecule has 1 aliphatic heterocycles. The smallest absolute Gasteiger partial charge is 0.0944 e. The molecule has 1 aromatic heterocycles. The van der Waals surface area contributed by atoms with Gasteiger partial charge in [0.15, 0.2) is 0 Å². The first-order valence-electron chi connectivity index (χ1n) is 7.01. The summed E-state index contributed by atoms with van der Waals surface area (Å²) in [4.78, 5) is 8.58. The molecule has 3 nitrogen and oxygen atoms in total. The average molecular weight is 267 g/mol. The zero-order valence-electron chi connectivity index (χ0n) is 11.8. The Balaban J connectivity index is 2.02. The first kappa shape index (κ1) is 14.0. The van der Waals surface area contributed by atoms with Gasteiger partial charge in [-0.15, -0.1) is 11.3 Å². The molecular formula is C14H25N3S. The van der Waals surface area contributed by atoms with E-state index in [-0.39, 0.29) is 5.54 Å². The lowest BCUT2D eigenvalue weighted by Crippen LogP contribution is -2.28. The Bertz CT molecular complexity index is 386. The highest BCUT2D eigenvalue weighted by Crippen LogP contribution is 2.29. The molecule has 0 aliphatic carbocycles. The Labute approximate surface area is 114 Å². The predicted octanol–water partition coefficient (Wildman–Crippen LogP) is 2.54. The third-order valence-corrected chi connectivity index (χ3v) is 5.00. The second-order valence-corrected chi connectivity index (χ2v) is 6.84. The maximum Gasteiger partial charge on any atom is 0.0944 e. The quantitative estimate of drug-likeness (QED) is 0.891. The topological polar surface area (TPSA) is 42.2 Å². The van der Waals surface area contributed by atoms with Crippen molar-refractivity contribution in [2.75, 3.05) is 19.6 Å². The molecule has 2 rings (SSSR count). The van der Waals surface area contributed by atoms with Crippen molar-refractivity contribution in [1.29, 1.82) is 0 Å². The van der Waals surface area contributed by atoms with Crippen LogP contribution in [0.1, 0.15) is 49.2 Å². The number of aryl methyl sites for hydroxylation is 1. The summed E-state index contributed by atoms with van der Waals surface area (Å²) in [6, 6.07) is 0. The molecule has 0 radical (unpaired) electrons. The van der Waals surface area contributed by atoms with Crippen molar-refractivity contribution >= 4 is 11.3 Å². The number of hydrogen-bond donors (Lipinski definition) is 1. The lowest BCUT2D eigenvalue weighted by atomic mass is 10.0. The minimum absolute atomic E-state index is 0.255. The van der Waals surface area contributed by atoms with Crippen LogP contribution < -0.4 is 5.73 Å². The van der Waals surface area contributed by atoms with Gasteiger partial charge in [0.2, 0.25) is 0 Å². The van der Waals surface area contributed by atoms with E-state index in [1.54, 1.807) is 0 Å². The molecular weight excluding hydrogens is 242 g/mol. The predicted molar refractivity (Wildman–Crippen MR) is 78.1 cm³/mol. The van der Waals surface area contributed by atoms with Crippen LogP contribution in [-0.2, 0) is 18.4 Å². The molecule has 0 spiro atoms. The van der Waals surface area contributed by atoms with Gasteiger partial charge in [0.25, 0.3) is 0 Å². The van der Waals surface area contributed by atoms with Crippen LogP contribution in [0.25, 0.3) is 0 Å². The molecule has 4 heteroatoms. The highest BCUT2D eigenvalue weighted by atomic mass is 32.1. The van der Waals surface area contributed by atoms with Gasteiger partial charge in [0, 0.05) is 23.4 Å². The van der Waals surface area contributed by atoms with Gasteiger partial charge < -0.3 is 10.6 Å². The molecule has 2 N–H and O–H groups in total. The van der Waals surface area contributed by atoms with Gasteiger partial charge in [-0.1, -0.05) is 6.92 Å². The zero-order chi connectivity index (χ0) is 13.2. The number of hydrogen-bond acceptors (Lipinski definition) is 4. The minimum atomic E-state index is -0.255. The molecule has 1 saturated heterocycles. The van der Waals surface area contributed by atoms with Gasteiger partial charge in [-0.3, -0.25) is 0 Å². The summed E-state index contributed by atoms with van der Waals surface area (Å²) in [5.74, 6) is 0. The number of aromatic nitrogens is 1. The van der Waals surface area contributed by atoms with E-state index < -0.39 is 0 Å². The van der Waals surface area contributed by atoms with Crippen LogP contribution in [0.4, 0.5) is 0 Å². The summed E-state index contributed by atoms with van der Waals surface area (Å²) < 4.78 is 0. The maximum atomic E-state index is 6.22. The Kier molecular flexibility index (Phi) is 4.41. The van der Waals surface area contributed by atoms with Gasteiger partial charge in [-0.05, 0) is 46.2 Å². The molecule has 1 aliphatic rings. The van der Waals surface area contributed by atoms with Gasteiger partial charge in [0.05, 0.1) is 10.7 Å². The third kappa shape index (κ3) is 3.31. The molecule has 1 fully saturated rings. The molecule has 2 heterocycles. The van der Waals surface area contributed by atoms with Crippen molar-refractivity contribution in [3.8, 4) is 0 Å². The lowest BCUT2D eigenvalue weighted by Gasteiger charge is -2.17. The van der Waals surface area contributed by atoms with E-state index in [1.165, 1.54) is 41.5 Å². The SMILES string of the molecule is CCc1nc(CCN2CCCC2)sc1C(C)(C)N. The summed E-state index contributed by atoms with van der Waals surface area (Å²) in [6.07, 6.45) is 4.78. The molecule has 0 atom stereocenters. The number of nitrogens with zero attached hydrogens (tertiary/aromatic N) is 2. The van der Waals surface area contributed by atoms with Gasteiger partial charge in [-0.25, -0.2) is 4.98 Å². The van der Waals surface area contributed by atoms with E-state index in [9.17, 15) is 0 Å². The number of likely N-dealkylation sites (tertiary alicyclic amines) is 1. The van der Waals surface area contributed by atoms with Crippen LogP contribution in [-0.4, -0.2) is 29.5 Å². The third-order valence-electron chi connectivity index (χ3n) is 3.50. The highest BCUT2D eigenvalue weighted by Gasteiger charge is 2.22. The highest BCUT2D eigenvalue weighted by molar-refractivity contribution is 7.11. The van der Waals surface area contributed by atoms with Crippen molar-refractivity contribution in [1.82, 2.24) is 9.88 Å². The Morgan fingerprint density at radius 2 is 2.00 bits per heavy atom. The normalized spacial score (nSPS) is 17.6. The van der Waals surface area contributed by atoms with Crippen LogP contribution in [0.3, 0.4) is 0 Å². The van der Waals surface area contributed by atoms with Gasteiger partial charge in [-0.2, -0.15) is 0 Å². The molecule has 0 aromatic carbocycles. The average Bonchev–Trinajstić information content (AvgIpc) is 2.94. The largest absolute Gasteiger partial charge is 0.321 e. The Morgan fingerprint density at radius 1 is 1.33 bits per heavy atom. The first-order valence-corrected chi connectivity index (χ1v) is 7.82. The number of nitrogens with two attached hydrogens (primary N) is 1. The van der Waals surface area contributed by atoms with E-state index in [0.717, 1.165) is 19.4 Å². The van der Waals surface area contributed by atoms with Crippen LogP contribution in [0.15, 0.2) is 0 Å². The molecule has 0 saturated carbocycles. The van der Waals surface area contributed by atoms with Crippen molar-refractivity contribution in [2.45, 2.75) is 52.0 Å². The van der Waals surface area contributed by atoms with Crippen LogP contribution in [0, 0.1) is 0 Å². The minimum Gasteiger partial charge on any atom is -0.321 e. The van der Waals surface area contributed by atoms with E-state index in [2.05, 4.69) is 25.7 Å². The fourth-order valence-corrected chi connectivity index (χ4v) is 3.67. The van der Waals surface area contributed by atoms with E-state index in [4.69, 9.17) is 10.7 Å². The zero-order valence-corrected chi connectivity index (χ0v) is 12.6. The summed E-state index contributed by atoms with van der Waals surface area (Å²) in [7, 11) is 0. The molecule has 0 unspecified atom stereocenters. The standard InChI is InChI=1S/C14H25N3S/c1-4-11-13(14(2,3)15)18-12(16-11)7-10-17-8-5-6-9-17/h4-10,15H2,1-3H3. The van der Waals surface area contributed by atoms with E-state index in [0.29, 0.717) is 0 Å². The number of rotatable bonds is 5. The fourth-order valence-electron chi connectivity index (χ4n) is 2.51. The van der Waals surface area contributed by atoms with Gasteiger partial charge >= 0.3 is 0 Å². The monoisotopic (exact) mass is 267 g/mol. The molecule has 0 bridgehead atoms.